The van der Waals surface area contributed by atoms with Gasteiger partial charge in [0.15, 0.2) is 11.5 Å². The topological polar surface area (TPSA) is 44.5 Å². The van der Waals surface area contributed by atoms with E-state index < -0.39 is 0 Å². The van der Waals surface area contributed by atoms with Gasteiger partial charge in [0, 0.05) is 6.04 Å². The molecule has 100 valence electrons. The molecule has 1 aromatic carbocycles. The fourth-order valence-electron chi connectivity index (χ4n) is 2.86. The summed E-state index contributed by atoms with van der Waals surface area (Å²) in [6.07, 6.45) is 1.04. The molecule has 0 saturated heterocycles. The molecule has 0 amide bonds. The minimum atomic E-state index is 0.157. The molecule has 0 bridgehead atoms. The van der Waals surface area contributed by atoms with Gasteiger partial charge in [-0.05, 0) is 47.9 Å². The molecule has 2 N–H and O–H groups in total. The summed E-state index contributed by atoms with van der Waals surface area (Å²) in [5, 5.41) is 0. The molecule has 1 aliphatic rings. The zero-order chi connectivity index (χ0) is 13.5. The molecule has 3 nitrogen and oxygen atoms in total. The summed E-state index contributed by atoms with van der Waals surface area (Å²) in [5.41, 5.74) is 8.84. The van der Waals surface area contributed by atoms with Crippen molar-refractivity contribution in [1.29, 1.82) is 0 Å². The van der Waals surface area contributed by atoms with E-state index in [9.17, 15) is 0 Å². The predicted molar refractivity (Wildman–Crippen MR) is 73.4 cm³/mol. The minimum Gasteiger partial charge on any atom is -0.493 e. The van der Waals surface area contributed by atoms with Gasteiger partial charge in [-0.1, -0.05) is 13.8 Å². The van der Waals surface area contributed by atoms with E-state index in [0.717, 1.165) is 17.9 Å². The molecular weight excluding hydrogens is 226 g/mol. The number of hydrogen-bond donors (Lipinski definition) is 1. The largest absolute Gasteiger partial charge is 0.493 e. The summed E-state index contributed by atoms with van der Waals surface area (Å²) < 4.78 is 10.7. The van der Waals surface area contributed by atoms with Crippen LogP contribution < -0.4 is 15.2 Å². The maximum Gasteiger partial charge on any atom is 0.161 e. The van der Waals surface area contributed by atoms with E-state index in [2.05, 4.69) is 26.8 Å². The molecule has 1 aliphatic carbocycles. The first-order valence-corrected chi connectivity index (χ1v) is 6.40. The lowest BCUT2D eigenvalue weighted by molar-refractivity contribution is 0.0977. The number of methoxy groups -OCH3 is 2. The maximum atomic E-state index is 6.10. The lowest BCUT2D eigenvalue weighted by Crippen LogP contribution is -2.52. The highest BCUT2D eigenvalue weighted by atomic mass is 16.5. The summed E-state index contributed by atoms with van der Waals surface area (Å²) in [4.78, 5) is 0. The third-order valence-corrected chi connectivity index (χ3v) is 4.49. The van der Waals surface area contributed by atoms with E-state index >= 15 is 0 Å². The normalized spacial score (nSPS) is 25.4. The molecule has 3 heteroatoms. The van der Waals surface area contributed by atoms with E-state index in [1.807, 2.05) is 6.07 Å². The van der Waals surface area contributed by atoms with Crippen molar-refractivity contribution < 1.29 is 9.47 Å². The third kappa shape index (κ3) is 1.87. The highest BCUT2D eigenvalue weighted by Gasteiger charge is 2.47. The monoisotopic (exact) mass is 249 g/mol. The van der Waals surface area contributed by atoms with Crippen molar-refractivity contribution in [2.45, 2.75) is 39.2 Å². The molecule has 0 radical (unpaired) electrons. The Labute approximate surface area is 109 Å². The number of benzene rings is 1. The lowest BCUT2D eigenvalue weighted by atomic mass is 9.56. The van der Waals surface area contributed by atoms with Gasteiger partial charge in [0.2, 0.25) is 0 Å². The van der Waals surface area contributed by atoms with Crippen LogP contribution in [0.25, 0.3) is 0 Å². The molecule has 18 heavy (non-hydrogen) atoms. The molecule has 2 unspecified atom stereocenters. The molecule has 0 spiro atoms. The van der Waals surface area contributed by atoms with Gasteiger partial charge in [-0.2, -0.15) is 0 Å². The van der Waals surface area contributed by atoms with Crippen LogP contribution in [0.1, 0.15) is 37.3 Å². The quantitative estimate of drug-likeness (QED) is 0.896. The minimum absolute atomic E-state index is 0.157. The summed E-state index contributed by atoms with van der Waals surface area (Å²) in [7, 11) is 3.34. The van der Waals surface area contributed by atoms with Gasteiger partial charge in [0.25, 0.3) is 0 Å². The van der Waals surface area contributed by atoms with Crippen molar-refractivity contribution in [1.82, 2.24) is 0 Å². The Morgan fingerprint density at radius 1 is 1.17 bits per heavy atom. The van der Waals surface area contributed by atoms with Gasteiger partial charge in [-0.25, -0.2) is 0 Å². The first-order valence-electron chi connectivity index (χ1n) is 6.40. The Balaban J connectivity index is 2.40. The number of nitrogens with two attached hydrogens (primary N) is 1. The van der Waals surface area contributed by atoms with Crippen LogP contribution in [0.15, 0.2) is 12.1 Å². The van der Waals surface area contributed by atoms with Crippen molar-refractivity contribution in [3.63, 3.8) is 0 Å². The van der Waals surface area contributed by atoms with E-state index in [4.69, 9.17) is 15.2 Å². The van der Waals surface area contributed by atoms with Crippen molar-refractivity contribution in [3.8, 4) is 11.5 Å². The second-order valence-electron chi connectivity index (χ2n) is 5.78. The number of ether oxygens (including phenoxy) is 2. The van der Waals surface area contributed by atoms with Crippen LogP contribution in [0.5, 0.6) is 11.5 Å². The molecule has 2 atom stereocenters. The molecule has 0 heterocycles. The van der Waals surface area contributed by atoms with Crippen LogP contribution >= 0.6 is 0 Å². The number of hydrogen-bond acceptors (Lipinski definition) is 3. The van der Waals surface area contributed by atoms with Crippen molar-refractivity contribution in [3.05, 3.63) is 23.3 Å². The Morgan fingerprint density at radius 2 is 1.72 bits per heavy atom. The maximum absolute atomic E-state index is 6.10. The number of aryl methyl sites for hydroxylation is 1. The first-order chi connectivity index (χ1) is 8.41. The zero-order valence-corrected chi connectivity index (χ0v) is 11.9. The van der Waals surface area contributed by atoms with Gasteiger partial charge in [0.05, 0.1) is 14.2 Å². The SMILES string of the molecule is COc1cc(C)c(C2CC(N)C2(C)C)cc1OC. The number of rotatable bonds is 3. The van der Waals surface area contributed by atoms with Gasteiger partial charge < -0.3 is 15.2 Å². The van der Waals surface area contributed by atoms with Crippen molar-refractivity contribution >= 4 is 0 Å². The average molecular weight is 249 g/mol. The standard InChI is InChI=1S/C15H23NO2/c1-9-6-12(17-4)13(18-5)7-10(9)11-8-14(16)15(11,2)3/h6-7,11,14H,8,16H2,1-5H3. The molecule has 1 fully saturated rings. The molecule has 1 aromatic rings. The Hall–Kier alpha value is -1.22. The molecule has 1 saturated carbocycles. The fourth-order valence-corrected chi connectivity index (χ4v) is 2.86. The van der Waals surface area contributed by atoms with Crippen LogP contribution in [0.3, 0.4) is 0 Å². The van der Waals surface area contributed by atoms with E-state index in [1.165, 1.54) is 11.1 Å². The summed E-state index contributed by atoms with van der Waals surface area (Å²) >= 11 is 0. The average Bonchev–Trinajstić information content (AvgIpc) is 2.36. The van der Waals surface area contributed by atoms with Crippen LogP contribution in [0.4, 0.5) is 0 Å². The Morgan fingerprint density at radius 3 is 2.17 bits per heavy atom. The van der Waals surface area contributed by atoms with Gasteiger partial charge in [-0.15, -0.1) is 0 Å². The molecule has 0 aliphatic heterocycles. The second kappa shape index (κ2) is 4.47. The first kappa shape index (κ1) is 13.2. The lowest BCUT2D eigenvalue weighted by Gasteiger charge is -2.51. The van der Waals surface area contributed by atoms with Crippen LogP contribution in [0, 0.1) is 12.3 Å². The van der Waals surface area contributed by atoms with Gasteiger partial charge >= 0.3 is 0 Å². The van der Waals surface area contributed by atoms with Crippen LogP contribution in [-0.2, 0) is 0 Å². The highest BCUT2D eigenvalue weighted by molar-refractivity contribution is 5.49. The van der Waals surface area contributed by atoms with Crippen LogP contribution in [0.2, 0.25) is 0 Å². The second-order valence-corrected chi connectivity index (χ2v) is 5.78. The summed E-state index contributed by atoms with van der Waals surface area (Å²) in [5.74, 6) is 2.10. The zero-order valence-electron chi connectivity index (χ0n) is 11.9. The smallest absolute Gasteiger partial charge is 0.161 e. The molecular formula is C15H23NO2. The highest BCUT2D eigenvalue weighted by Crippen LogP contribution is 2.53. The van der Waals surface area contributed by atoms with E-state index in [0.29, 0.717) is 5.92 Å². The van der Waals surface area contributed by atoms with Gasteiger partial charge in [0.1, 0.15) is 0 Å². The van der Waals surface area contributed by atoms with Crippen LogP contribution in [-0.4, -0.2) is 20.3 Å². The summed E-state index contributed by atoms with van der Waals surface area (Å²) in [6.45, 7) is 6.60. The Bertz CT molecular complexity index is 454. The van der Waals surface area contributed by atoms with E-state index in [-0.39, 0.29) is 11.5 Å². The fraction of sp³-hybridized carbons (Fsp3) is 0.600. The van der Waals surface area contributed by atoms with Crippen molar-refractivity contribution in [2.75, 3.05) is 14.2 Å². The van der Waals surface area contributed by atoms with Gasteiger partial charge in [-0.3, -0.25) is 0 Å². The third-order valence-electron chi connectivity index (χ3n) is 4.49. The summed E-state index contributed by atoms with van der Waals surface area (Å²) in [6, 6.07) is 4.44. The molecule has 0 aromatic heterocycles. The predicted octanol–water partition coefficient (Wildman–Crippen LogP) is 2.85. The molecule has 2 rings (SSSR count). The Kier molecular flexibility index (Phi) is 3.28. The van der Waals surface area contributed by atoms with Crippen molar-refractivity contribution in [2.24, 2.45) is 11.1 Å². The van der Waals surface area contributed by atoms with E-state index in [1.54, 1.807) is 14.2 Å².